The van der Waals surface area contributed by atoms with E-state index < -0.39 is 17.5 Å². The molecule has 1 amide bonds. The smallest absolute Gasteiger partial charge is 0.431 e. The summed E-state index contributed by atoms with van der Waals surface area (Å²) in [5.41, 5.74) is 6.21. The third kappa shape index (κ3) is 3.16. The first-order valence-corrected chi connectivity index (χ1v) is 11.6. The average Bonchev–Trinajstić information content (AvgIpc) is 3.43. The zero-order valence-electron chi connectivity index (χ0n) is 17.8. The summed E-state index contributed by atoms with van der Waals surface area (Å²) in [6, 6.07) is 14.6. The molecule has 1 saturated heterocycles. The second kappa shape index (κ2) is 7.23. The van der Waals surface area contributed by atoms with Gasteiger partial charge in [0.25, 0.3) is 5.91 Å². The Balaban J connectivity index is 0.00000253. The molecule has 4 heterocycles. The molecule has 0 unspecified atom stereocenters. The van der Waals surface area contributed by atoms with Gasteiger partial charge < -0.3 is 19.9 Å². The number of benzene rings is 2. The lowest BCUT2D eigenvalue weighted by molar-refractivity contribution is -0.143. The topological polar surface area (TPSA) is 73.4 Å². The highest BCUT2D eigenvalue weighted by molar-refractivity contribution is 7.22. The van der Waals surface area contributed by atoms with Crippen molar-refractivity contribution in [3.05, 3.63) is 71.5 Å². The van der Waals surface area contributed by atoms with Crippen molar-refractivity contribution in [2.45, 2.75) is 24.6 Å². The van der Waals surface area contributed by atoms with Gasteiger partial charge in [-0.1, -0.05) is 23.5 Å². The zero-order chi connectivity index (χ0) is 23.7. The first-order chi connectivity index (χ1) is 16.2. The first kappa shape index (κ1) is 21.0. The van der Waals surface area contributed by atoms with E-state index >= 15 is 0 Å². The highest BCUT2D eigenvalue weighted by atomic mass is 32.1. The molecule has 1 spiro atoms. The van der Waals surface area contributed by atoms with Gasteiger partial charge in [-0.3, -0.25) is 4.79 Å². The normalized spacial score (nSPS) is 16.9. The van der Waals surface area contributed by atoms with Gasteiger partial charge in [0.1, 0.15) is 11.4 Å². The van der Waals surface area contributed by atoms with Crippen molar-refractivity contribution in [1.82, 2.24) is 14.5 Å². The molecule has 10 heteroatoms. The van der Waals surface area contributed by atoms with E-state index in [4.69, 9.17) is 10.5 Å². The molecule has 0 bridgehead atoms. The van der Waals surface area contributed by atoms with Crippen molar-refractivity contribution in [3.8, 4) is 11.4 Å². The molecule has 0 radical (unpaired) electrons. The number of carbonyl (C=O) groups excluding carboxylic acids is 1. The van der Waals surface area contributed by atoms with Crippen molar-refractivity contribution in [1.29, 1.82) is 0 Å². The van der Waals surface area contributed by atoms with Crippen LogP contribution in [-0.4, -0.2) is 33.4 Å². The number of likely N-dealkylation sites (tertiary alicyclic amines) is 1. The van der Waals surface area contributed by atoms with E-state index in [-0.39, 0.29) is 7.33 Å². The second-order valence-corrected chi connectivity index (χ2v) is 9.59. The lowest BCUT2D eigenvalue weighted by atomic mass is 9.86. The number of ether oxygens (including phenoxy) is 1. The molecule has 6 nitrogen and oxygen atoms in total. The largest absolute Gasteiger partial charge is 0.479 e. The van der Waals surface area contributed by atoms with E-state index in [0.717, 1.165) is 16.3 Å². The molecule has 6 rings (SSSR count). The molecule has 0 aliphatic carbocycles. The number of piperidine rings is 1. The Morgan fingerprint density at radius 2 is 1.88 bits per heavy atom. The van der Waals surface area contributed by atoms with Crippen LogP contribution in [0.25, 0.3) is 15.9 Å². The number of hydrogen-bond donors (Lipinski definition) is 1. The minimum atomic E-state index is -4.50. The molecule has 2 aliphatic rings. The molecule has 0 atom stereocenters. The molecule has 34 heavy (non-hydrogen) atoms. The highest BCUT2D eigenvalue weighted by Gasteiger charge is 2.48. The number of rotatable bonds is 1. The third-order valence-electron chi connectivity index (χ3n) is 6.56. The first-order valence-electron chi connectivity index (χ1n) is 10.8. The predicted molar refractivity (Wildman–Crippen MR) is 124 cm³/mol. The van der Waals surface area contributed by atoms with Crippen LogP contribution in [0.5, 0.6) is 5.75 Å². The number of nitrogen functional groups attached to an aromatic ring is 1. The fourth-order valence-corrected chi connectivity index (χ4v) is 5.72. The number of anilines is 1. The van der Waals surface area contributed by atoms with Crippen LogP contribution in [0.4, 0.5) is 18.3 Å². The number of carbonyl (C=O) groups is 1. The number of para-hydroxylation sites is 2. The van der Waals surface area contributed by atoms with Crippen molar-refractivity contribution < 1.29 is 24.1 Å². The molecule has 176 valence electrons. The van der Waals surface area contributed by atoms with Gasteiger partial charge in [0, 0.05) is 32.9 Å². The number of amides is 1. The summed E-state index contributed by atoms with van der Waals surface area (Å²) < 4.78 is 49.9. The SMILES string of the molecule is Nc1nc2ccc(C(=O)N3CCC4(CC3)Oc3ccccc3-n3c(C(F)(F)F)ccc34)cc2s1.[HH]. The number of fused-ring (bicyclic) bond motifs is 5. The molecule has 2 aliphatic heterocycles. The summed E-state index contributed by atoms with van der Waals surface area (Å²) in [7, 11) is 0. The predicted octanol–water partition coefficient (Wildman–Crippen LogP) is 5.46. The van der Waals surface area contributed by atoms with Gasteiger partial charge in [-0.15, -0.1) is 0 Å². The van der Waals surface area contributed by atoms with Gasteiger partial charge >= 0.3 is 6.18 Å². The number of halogens is 3. The Morgan fingerprint density at radius 1 is 1.12 bits per heavy atom. The molecule has 4 aromatic rings. The van der Waals surface area contributed by atoms with Crippen molar-refractivity contribution in [2.24, 2.45) is 0 Å². The minimum absolute atomic E-state index is 0. The van der Waals surface area contributed by atoms with E-state index in [2.05, 4.69) is 4.98 Å². The zero-order valence-corrected chi connectivity index (χ0v) is 18.6. The molecule has 2 aromatic heterocycles. The van der Waals surface area contributed by atoms with Gasteiger partial charge in [-0.05, 0) is 42.5 Å². The van der Waals surface area contributed by atoms with Crippen LogP contribution in [0.3, 0.4) is 0 Å². The minimum Gasteiger partial charge on any atom is -0.479 e. The van der Waals surface area contributed by atoms with Crippen LogP contribution < -0.4 is 10.5 Å². The number of nitrogens with two attached hydrogens (primary N) is 1. The summed E-state index contributed by atoms with van der Waals surface area (Å²) in [6.07, 6.45) is -3.74. The van der Waals surface area contributed by atoms with Crippen LogP contribution in [0.2, 0.25) is 0 Å². The molecule has 2 N–H and O–H groups in total. The summed E-state index contributed by atoms with van der Waals surface area (Å²) in [5, 5.41) is 0.440. The highest BCUT2D eigenvalue weighted by Crippen LogP contribution is 2.48. The Morgan fingerprint density at radius 3 is 2.65 bits per heavy atom. The Kier molecular flexibility index (Phi) is 4.47. The van der Waals surface area contributed by atoms with Crippen LogP contribution in [0.1, 0.15) is 36.0 Å². The maximum atomic E-state index is 13.8. The van der Waals surface area contributed by atoms with Gasteiger partial charge in [-0.25, -0.2) is 4.98 Å². The Labute approximate surface area is 197 Å². The Bertz CT molecular complexity index is 1440. The summed E-state index contributed by atoms with van der Waals surface area (Å²) >= 11 is 1.32. The van der Waals surface area contributed by atoms with Crippen molar-refractivity contribution in [3.63, 3.8) is 0 Å². The van der Waals surface area contributed by atoms with E-state index in [1.807, 2.05) is 0 Å². The quantitative estimate of drug-likeness (QED) is 0.388. The second-order valence-electron chi connectivity index (χ2n) is 8.53. The molecule has 0 saturated carbocycles. The molecule has 2 aromatic carbocycles. The fraction of sp³-hybridized carbons (Fsp3) is 0.250. The van der Waals surface area contributed by atoms with Gasteiger partial charge in [-0.2, -0.15) is 13.2 Å². The van der Waals surface area contributed by atoms with Crippen LogP contribution in [-0.2, 0) is 11.8 Å². The summed E-state index contributed by atoms with van der Waals surface area (Å²) in [4.78, 5) is 19.1. The maximum Gasteiger partial charge on any atom is 0.431 e. The lowest BCUT2D eigenvalue weighted by Gasteiger charge is -2.45. The number of hydrogen-bond acceptors (Lipinski definition) is 5. The fourth-order valence-electron chi connectivity index (χ4n) is 4.95. The number of alkyl halides is 3. The maximum absolute atomic E-state index is 13.8. The molecule has 1 fully saturated rings. The van der Waals surface area contributed by atoms with Crippen LogP contribution in [0, 0.1) is 0 Å². The van der Waals surface area contributed by atoms with Crippen molar-refractivity contribution >= 4 is 32.6 Å². The van der Waals surface area contributed by atoms with Gasteiger partial charge in [0.05, 0.1) is 21.6 Å². The van der Waals surface area contributed by atoms with Crippen molar-refractivity contribution in [2.75, 3.05) is 18.8 Å². The average molecular weight is 487 g/mol. The van der Waals surface area contributed by atoms with E-state index in [1.54, 1.807) is 47.4 Å². The van der Waals surface area contributed by atoms with Gasteiger partial charge in [0.15, 0.2) is 10.7 Å². The Hall–Kier alpha value is -3.53. The molecular formula is C24H21F3N4O2S. The number of aromatic nitrogens is 2. The third-order valence-corrected chi connectivity index (χ3v) is 7.41. The summed E-state index contributed by atoms with van der Waals surface area (Å²) in [5.74, 6) is 0.274. The van der Waals surface area contributed by atoms with Gasteiger partial charge in [0.2, 0.25) is 0 Å². The van der Waals surface area contributed by atoms with Crippen LogP contribution >= 0.6 is 11.3 Å². The standard InChI is InChI=1S/C24H19F3N4O2S.H2/c25-24(26,27)20-8-7-19-23(33-17-4-2-1-3-16(17)31(19)20)9-11-30(12-10-23)21(32)14-5-6-15-18(13-14)34-22(28)29-15;/h1-8,13H,9-12H2,(H2,28,29);1H. The number of thiazole rings is 1. The molecular weight excluding hydrogens is 465 g/mol. The van der Waals surface area contributed by atoms with Crippen LogP contribution in [0.15, 0.2) is 54.6 Å². The lowest BCUT2D eigenvalue weighted by Crippen LogP contribution is -2.50. The summed E-state index contributed by atoms with van der Waals surface area (Å²) in [6.45, 7) is 0.715. The van der Waals surface area contributed by atoms with E-state index in [0.29, 0.717) is 53.8 Å². The monoisotopic (exact) mass is 486 g/mol. The number of nitrogens with zero attached hydrogens (tertiary/aromatic N) is 3. The van der Waals surface area contributed by atoms with E-state index in [1.165, 1.54) is 22.0 Å². The van der Waals surface area contributed by atoms with E-state index in [9.17, 15) is 18.0 Å².